The summed E-state index contributed by atoms with van der Waals surface area (Å²) in [4.78, 5) is 2.41. The number of methoxy groups -OCH3 is 1. The predicted octanol–water partition coefficient (Wildman–Crippen LogP) is 1.31. The second kappa shape index (κ2) is 5.75. The number of aromatic nitrogens is 5. The van der Waals surface area contributed by atoms with Crippen molar-refractivity contribution >= 4 is 10.9 Å². The lowest BCUT2D eigenvalue weighted by atomic mass is 10.0. The fourth-order valence-corrected chi connectivity index (χ4v) is 3.38. The van der Waals surface area contributed by atoms with E-state index in [1.165, 1.54) is 5.56 Å². The van der Waals surface area contributed by atoms with Gasteiger partial charge >= 0.3 is 0 Å². The number of nitrogens with zero attached hydrogens (tertiary/aromatic N) is 5. The van der Waals surface area contributed by atoms with Gasteiger partial charge in [0.25, 0.3) is 0 Å². The molecule has 0 spiro atoms. The minimum atomic E-state index is 0.155. The Balaban J connectivity index is 1.51. The lowest BCUT2D eigenvalue weighted by molar-refractivity contribution is 0.0957. The lowest BCUT2D eigenvalue weighted by Crippen LogP contribution is -2.22. The Bertz CT molecular complexity index is 810. The molecule has 1 fully saturated rings. The summed E-state index contributed by atoms with van der Waals surface area (Å²) in [6.45, 7) is 2.72. The van der Waals surface area contributed by atoms with Gasteiger partial charge < -0.3 is 4.74 Å². The number of H-pyrrole nitrogens is 1. The molecular formula is C16H20N6O. The molecule has 1 saturated heterocycles. The fraction of sp³-hybridized carbons (Fsp3) is 0.438. The molecule has 0 radical (unpaired) electrons. The van der Waals surface area contributed by atoms with Crippen LogP contribution in [-0.2, 0) is 18.3 Å². The Morgan fingerprint density at radius 3 is 3.04 bits per heavy atom. The van der Waals surface area contributed by atoms with E-state index in [4.69, 9.17) is 4.74 Å². The maximum Gasteiger partial charge on any atom is 0.0897 e. The van der Waals surface area contributed by atoms with E-state index >= 15 is 0 Å². The fourth-order valence-electron chi connectivity index (χ4n) is 3.38. The van der Waals surface area contributed by atoms with Gasteiger partial charge in [0.15, 0.2) is 0 Å². The third kappa shape index (κ3) is 2.73. The second-order valence-electron chi connectivity index (χ2n) is 6.18. The molecule has 1 aliphatic rings. The van der Waals surface area contributed by atoms with E-state index in [0.29, 0.717) is 0 Å². The number of nitrogens with one attached hydrogen (secondary N) is 1. The zero-order chi connectivity index (χ0) is 15.8. The Morgan fingerprint density at radius 1 is 1.35 bits per heavy atom. The van der Waals surface area contributed by atoms with Gasteiger partial charge in [-0.05, 0) is 11.6 Å². The van der Waals surface area contributed by atoms with E-state index in [9.17, 15) is 0 Å². The maximum absolute atomic E-state index is 5.68. The summed E-state index contributed by atoms with van der Waals surface area (Å²) in [5, 5.41) is 16.6. The molecule has 2 aromatic heterocycles. The zero-order valence-corrected chi connectivity index (χ0v) is 13.3. The van der Waals surface area contributed by atoms with E-state index in [-0.39, 0.29) is 12.0 Å². The van der Waals surface area contributed by atoms with Gasteiger partial charge in [-0.2, -0.15) is 5.10 Å². The summed E-state index contributed by atoms with van der Waals surface area (Å²) in [7, 11) is 3.67. The van der Waals surface area contributed by atoms with Crippen LogP contribution in [0.5, 0.6) is 0 Å². The van der Waals surface area contributed by atoms with Crippen molar-refractivity contribution in [3.63, 3.8) is 0 Å². The first-order valence-electron chi connectivity index (χ1n) is 7.76. The topological polar surface area (TPSA) is 71.9 Å². The highest BCUT2D eigenvalue weighted by atomic mass is 16.5. The second-order valence-corrected chi connectivity index (χ2v) is 6.18. The highest BCUT2D eigenvalue weighted by Gasteiger charge is 2.35. The van der Waals surface area contributed by atoms with E-state index in [1.54, 1.807) is 11.8 Å². The van der Waals surface area contributed by atoms with Crippen molar-refractivity contribution in [2.75, 3.05) is 20.2 Å². The van der Waals surface area contributed by atoms with Crippen LogP contribution in [0.4, 0.5) is 0 Å². The van der Waals surface area contributed by atoms with Gasteiger partial charge in [0, 0.05) is 51.3 Å². The summed E-state index contributed by atoms with van der Waals surface area (Å²) >= 11 is 0. The van der Waals surface area contributed by atoms with Crippen LogP contribution in [0.25, 0.3) is 10.9 Å². The van der Waals surface area contributed by atoms with Crippen LogP contribution < -0.4 is 0 Å². The number of likely N-dealkylation sites (tertiary alicyclic amines) is 1. The SMILES string of the molecule is CO[C@@H]1CN(Cc2ccc3cn[nH]c3c2)C[C@H]1c1cn(C)nn1. The number of benzene rings is 1. The molecule has 1 N–H and O–H groups in total. The molecule has 3 aromatic rings. The molecule has 7 heteroatoms. The molecule has 3 heterocycles. The standard InChI is InChI=1S/C16H20N6O/c1-21-9-15(19-20-21)13-8-22(10-16(13)23-2)7-11-3-4-12-6-17-18-14(12)5-11/h3-6,9,13,16H,7-8,10H2,1-2H3,(H,17,18)/t13-,16+/m0/s1. The molecule has 1 aromatic carbocycles. The van der Waals surface area contributed by atoms with Crippen LogP contribution in [0.1, 0.15) is 17.2 Å². The summed E-state index contributed by atoms with van der Waals surface area (Å²) < 4.78 is 7.43. The van der Waals surface area contributed by atoms with Gasteiger partial charge in [-0.1, -0.05) is 17.3 Å². The van der Waals surface area contributed by atoms with Gasteiger partial charge in [-0.25, -0.2) is 0 Å². The molecule has 7 nitrogen and oxygen atoms in total. The summed E-state index contributed by atoms with van der Waals surface area (Å²) in [6, 6.07) is 6.44. The Hall–Kier alpha value is -2.25. The van der Waals surface area contributed by atoms with Gasteiger partial charge in [-0.15, -0.1) is 5.10 Å². The molecule has 0 aliphatic carbocycles. The van der Waals surface area contributed by atoms with E-state index < -0.39 is 0 Å². The highest BCUT2D eigenvalue weighted by Crippen LogP contribution is 2.29. The van der Waals surface area contributed by atoms with E-state index in [1.807, 2.05) is 19.4 Å². The quantitative estimate of drug-likeness (QED) is 0.786. The normalized spacial score (nSPS) is 22.2. The number of ether oxygens (including phenoxy) is 1. The number of aromatic amines is 1. The Labute approximate surface area is 134 Å². The number of aryl methyl sites for hydroxylation is 1. The minimum absolute atomic E-state index is 0.155. The number of hydrogen-bond acceptors (Lipinski definition) is 5. The van der Waals surface area contributed by atoms with Crippen molar-refractivity contribution in [3.8, 4) is 0 Å². The molecular weight excluding hydrogens is 292 g/mol. The molecule has 4 rings (SSSR count). The van der Waals surface area contributed by atoms with Crippen molar-refractivity contribution in [2.24, 2.45) is 7.05 Å². The third-order valence-corrected chi connectivity index (χ3v) is 4.56. The van der Waals surface area contributed by atoms with E-state index in [0.717, 1.165) is 36.2 Å². The van der Waals surface area contributed by atoms with Crippen LogP contribution >= 0.6 is 0 Å². The summed E-state index contributed by atoms with van der Waals surface area (Å²) in [5.41, 5.74) is 3.36. The van der Waals surface area contributed by atoms with Crippen molar-refractivity contribution in [1.29, 1.82) is 0 Å². The van der Waals surface area contributed by atoms with Crippen molar-refractivity contribution in [1.82, 2.24) is 30.1 Å². The van der Waals surface area contributed by atoms with Crippen molar-refractivity contribution < 1.29 is 4.74 Å². The van der Waals surface area contributed by atoms with Crippen LogP contribution in [0.3, 0.4) is 0 Å². The first-order chi connectivity index (χ1) is 11.2. The largest absolute Gasteiger partial charge is 0.379 e. The number of hydrogen-bond donors (Lipinski definition) is 1. The average molecular weight is 312 g/mol. The lowest BCUT2D eigenvalue weighted by Gasteiger charge is -2.15. The molecule has 120 valence electrons. The minimum Gasteiger partial charge on any atom is -0.379 e. The Morgan fingerprint density at radius 2 is 2.26 bits per heavy atom. The molecule has 0 saturated carbocycles. The molecule has 0 amide bonds. The highest BCUT2D eigenvalue weighted by molar-refractivity contribution is 5.78. The number of rotatable bonds is 4. The van der Waals surface area contributed by atoms with Crippen LogP contribution in [0.2, 0.25) is 0 Å². The predicted molar refractivity (Wildman–Crippen MR) is 85.9 cm³/mol. The van der Waals surface area contributed by atoms with Gasteiger partial charge in [0.2, 0.25) is 0 Å². The van der Waals surface area contributed by atoms with Crippen molar-refractivity contribution in [2.45, 2.75) is 18.6 Å². The third-order valence-electron chi connectivity index (χ3n) is 4.56. The summed E-state index contributed by atoms with van der Waals surface area (Å²) in [5.74, 6) is 0.268. The molecule has 23 heavy (non-hydrogen) atoms. The summed E-state index contributed by atoms with van der Waals surface area (Å²) in [6.07, 6.45) is 3.99. The first kappa shape index (κ1) is 14.3. The van der Waals surface area contributed by atoms with Gasteiger partial charge in [0.05, 0.1) is 23.5 Å². The van der Waals surface area contributed by atoms with Crippen LogP contribution in [0.15, 0.2) is 30.6 Å². The zero-order valence-electron chi connectivity index (χ0n) is 13.3. The maximum atomic E-state index is 5.68. The monoisotopic (exact) mass is 312 g/mol. The molecule has 1 aliphatic heterocycles. The van der Waals surface area contributed by atoms with Crippen LogP contribution in [-0.4, -0.2) is 56.4 Å². The van der Waals surface area contributed by atoms with Gasteiger partial charge in [0.1, 0.15) is 0 Å². The van der Waals surface area contributed by atoms with Crippen molar-refractivity contribution in [3.05, 3.63) is 41.9 Å². The average Bonchev–Trinajstić information content (AvgIpc) is 3.25. The Kier molecular flexibility index (Phi) is 3.59. The first-order valence-corrected chi connectivity index (χ1v) is 7.76. The van der Waals surface area contributed by atoms with Crippen LogP contribution in [0, 0.1) is 0 Å². The molecule has 0 unspecified atom stereocenters. The van der Waals surface area contributed by atoms with Gasteiger partial charge in [-0.3, -0.25) is 14.7 Å². The van der Waals surface area contributed by atoms with E-state index in [2.05, 4.69) is 43.6 Å². The smallest absolute Gasteiger partial charge is 0.0897 e. The molecule has 2 atom stereocenters. The number of fused-ring (bicyclic) bond motifs is 1. The molecule has 0 bridgehead atoms.